The molecule has 0 radical (unpaired) electrons. The molecule has 32 heavy (non-hydrogen) atoms. The average Bonchev–Trinajstić information content (AvgIpc) is 3.41. The van der Waals surface area contributed by atoms with Gasteiger partial charge in [0.2, 0.25) is 5.91 Å². The minimum atomic E-state index is -0.174. The van der Waals surface area contributed by atoms with Crippen molar-refractivity contribution in [3.05, 3.63) is 82.3 Å². The number of hydrogen-bond acceptors (Lipinski definition) is 5. The van der Waals surface area contributed by atoms with Crippen molar-refractivity contribution in [2.75, 3.05) is 22.5 Å². The molecule has 0 atom stereocenters. The number of para-hydroxylation sites is 1. The molecule has 1 aromatic heterocycles. The maximum absolute atomic E-state index is 12.8. The van der Waals surface area contributed by atoms with Gasteiger partial charge in [-0.3, -0.25) is 9.59 Å². The maximum Gasteiger partial charge on any atom is 0.256 e. The van der Waals surface area contributed by atoms with Crippen LogP contribution >= 0.6 is 39.0 Å². The predicted octanol–water partition coefficient (Wildman–Crippen LogP) is 5.99. The molecule has 0 saturated carbocycles. The first-order valence-corrected chi connectivity index (χ1v) is 12.7. The van der Waals surface area contributed by atoms with Gasteiger partial charge in [-0.25, -0.2) is 4.98 Å². The number of carbonyl (C=O) groups is 2. The Kier molecular flexibility index (Phi) is 5.99. The van der Waals surface area contributed by atoms with Gasteiger partial charge in [-0.1, -0.05) is 42.1 Å². The highest BCUT2D eigenvalue weighted by atomic mass is 79.9. The Hall–Kier alpha value is -2.68. The van der Waals surface area contributed by atoms with Gasteiger partial charge in [0.1, 0.15) is 0 Å². The molecule has 0 spiro atoms. The minimum absolute atomic E-state index is 0.0978. The Bertz CT molecular complexity index is 1340. The number of nitrogens with one attached hydrogen (secondary N) is 1. The summed E-state index contributed by atoms with van der Waals surface area (Å²) in [5.74, 6) is 0.271. The van der Waals surface area contributed by atoms with Crippen molar-refractivity contribution in [2.45, 2.75) is 10.8 Å². The average molecular weight is 524 g/mol. The van der Waals surface area contributed by atoms with Gasteiger partial charge >= 0.3 is 0 Å². The number of rotatable bonds is 5. The van der Waals surface area contributed by atoms with Crippen molar-refractivity contribution in [1.29, 1.82) is 0 Å². The first-order chi connectivity index (χ1) is 15.6. The van der Waals surface area contributed by atoms with E-state index in [1.165, 1.54) is 28.7 Å². The summed E-state index contributed by atoms with van der Waals surface area (Å²) < 4.78 is 2.56. The van der Waals surface area contributed by atoms with Crippen molar-refractivity contribution >= 4 is 72.4 Å². The second-order valence-corrected chi connectivity index (χ2v) is 10.4. The van der Waals surface area contributed by atoms with E-state index >= 15 is 0 Å². The van der Waals surface area contributed by atoms with E-state index in [2.05, 4.69) is 32.3 Å². The summed E-state index contributed by atoms with van der Waals surface area (Å²) in [7, 11) is 0. The molecule has 0 saturated heterocycles. The Labute approximate surface area is 202 Å². The van der Waals surface area contributed by atoms with E-state index in [0.29, 0.717) is 17.0 Å². The molecular weight excluding hydrogens is 506 g/mol. The zero-order valence-electron chi connectivity index (χ0n) is 16.9. The van der Waals surface area contributed by atoms with Crippen molar-refractivity contribution in [3.8, 4) is 0 Å². The predicted molar refractivity (Wildman–Crippen MR) is 135 cm³/mol. The lowest BCUT2D eigenvalue weighted by Crippen LogP contribution is -2.30. The Morgan fingerprint density at radius 3 is 2.78 bits per heavy atom. The van der Waals surface area contributed by atoms with Gasteiger partial charge in [0.15, 0.2) is 4.34 Å². The summed E-state index contributed by atoms with van der Waals surface area (Å²) in [5, 5.41) is 2.94. The third kappa shape index (κ3) is 4.30. The van der Waals surface area contributed by atoms with Crippen LogP contribution in [0.15, 0.2) is 75.5 Å². The van der Waals surface area contributed by atoms with Crippen LogP contribution in [0, 0.1) is 0 Å². The molecule has 1 N–H and O–H groups in total. The zero-order valence-corrected chi connectivity index (χ0v) is 20.1. The number of fused-ring (bicyclic) bond motifs is 2. The number of nitrogens with zero attached hydrogens (tertiary/aromatic N) is 2. The first kappa shape index (κ1) is 21.2. The molecule has 0 unspecified atom stereocenters. The van der Waals surface area contributed by atoms with E-state index in [1.807, 2.05) is 59.5 Å². The molecular formula is C24H18BrN3O2S2. The van der Waals surface area contributed by atoms with E-state index in [1.54, 1.807) is 6.07 Å². The van der Waals surface area contributed by atoms with Crippen LogP contribution in [0.4, 0.5) is 11.4 Å². The summed E-state index contributed by atoms with van der Waals surface area (Å²) in [5.41, 5.74) is 4.39. The zero-order chi connectivity index (χ0) is 22.1. The van der Waals surface area contributed by atoms with Crippen LogP contribution in [0.1, 0.15) is 15.9 Å². The smallest absolute Gasteiger partial charge is 0.256 e. The molecule has 1 aliphatic rings. The summed E-state index contributed by atoms with van der Waals surface area (Å²) in [6.07, 6.45) is 0.905. The SMILES string of the molecule is O=C(Nc1ccc2nc(SCC(=O)N3CCc4ccccc43)sc2c1)c1ccccc1Br. The number of halogens is 1. The standard InChI is InChI=1S/C24H18BrN3O2S2/c25-18-7-3-2-6-17(18)23(30)26-16-9-10-19-21(13-16)32-24(27-19)31-14-22(29)28-12-11-15-5-1-4-8-20(15)28/h1-10,13H,11-12,14H2,(H,26,30). The molecule has 8 heteroatoms. The van der Waals surface area contributed by atoms with Crippen LogP contribution in [0.3, 0.4) is 0 Å². The van der Waals surface area contributed by atoms with Crippen molar-refractivity contribution in [3.63, 3.8) is 0 Å². The molecule has 3 aromatic carbocycles. The third-order valence-electron chi connectivity index (χ3n) is 5.25. The number of aromatic nitrogens is 1. The highest BCUT2D eigenvalue weighted by Crippen LogP contribution is 2.33. The van der Waals surface area contributed by atoms with Gasteiger partial charge < -0.3 is 10.2 Å². The van der Waals surface area contributed by atoms with E-state index < -0.39 is 0 Å². The normalized spacial score (nSPS) is 12.7. The number of amides is 2. The molecule has 160 valence electrons. The maximum atomic E-state index is 12.8. The van der Waals surface area contributed by atoms with Crippen LogP contribution in [-0.2, 0) is 11.2 Å². The van der Waals surface area contributed by atoms with Gasteiger partial charge in [0, 0.05) is 22.4 Å². The van der Waals surface area contributed by atoms with Crippen LogP contribution in [0.5, 0.6) is 0 Å². The fraction of sp³-hybridized carbons (Fsp3) is 0.125. The van der Waals surface area contributed by atoms with Crippen LogP contribution in [0.25, 0.3) is 10.2 Å². The summed E-state index contributed by atoms with van der Waals surface area (Å²) in [6, 6.07) is 21.0. The fourth-order valence-electron chi connectivity index (χ4n) is 3.69. The molecule has 4 aromatic rings. The van der Waals surface area contributed by atoms with E-state index in [9.17, 15) is 9.59 Å². The third-order valence-corrected chi connectivity index (χ3v) is 8.09. The number of hydrogen-bond donors (Lipinski definition) is 1. The second kappa shape index (κ2) is 9.05. The van der Waals surface area contributed by atoms with Gasteiger partial charge in [-0.2, -0.15) is 0 Å². The highest BCUT2D eigenvalue weighted by molar-refractivity contribution is 9.10. The van der Waals surface area contributed by atoms with E-state index in [0.717, 1.165) is 37.7 Å². The molecule has 5 nitrogen and oxygen atoms in total. The number of carbonyl (C=O) groups excluding carboxylic acids is 2. The monoisotopic (exact) mass is 523 g/mol. The van der Waals surface area contributed by atoms with Gasteiger partial charge in [0.05, 0.1) is 21.5 Å². The molecule has 0 aliphatic carbocycles. The lowest BCUT2D eigenvalue weighted by Gasteiger charge is -2.16. The Morgan fingerprint density at radius 2 is 1.91 bits per heavy atom. The largest absolute Gasteiger partial charge is 0.322 e. The minimum Gasteiger partial charge on any atom is -0.322 e. The van der Waals surface area contributed by atoms with Crippen LogP contribution in [0.2, 0.25) is 0 Å². The quantitative estimate of drug-likeness (QED) is 0.326. The van der Waals surface area contributed by atoms with E-state index in [4.69, 9.17) is 0 Å². The van der Waals surface area contributed by atoms with Gasteiger partial charge in [-0.05, 0) is 64.3 Å². The number of thioether (sulfide) groups is 1. The van der Waals surface area contributed by atoms with Crippen molar-refractivity contribution < 1.29 is 9.59 Å². The Balaban J connectivity index is 1.26. The highest BCUT2D eigenvalue weighted by Gasteiger charge is 2.24. The van der Waals surface area contributed by atoms with Gasteiger partial charge in [0.25, 0.3) is 5.91 Å². The first-order valence-electron chi connectivity index (χ1n) is 10.1. The van der Waals surface area contributed by atoms with Crippen LogP contribution < -0.4 is 10.2 Å². The molecule has 2 amide bonds. The fourth-order valence-corrected chi connectivity index (χ4v) is 6.13. The summed E-state index contributed by atoms with van der Waals surface area (Å²) in [4.78, 5) is 31.8. The molecule has 5 rings (SSSR count). The lowest BCUT2D eigenvalue weighted by atomic mass is 10.2. The number of thiazole rings is 1. The molecule has 1 aliphatic heterocycles. The topological polar surface area (TPSA) is 62.3 Å². The van der Waals surface area contributed by atoms with Gasteiger partial charge in [-0.15, -0.1) is 11.3 Å². The number of benzene rings is 3. The summed E-state index contributed by atoms with van der Waals surface area (Å²) >= 11 is 6.40. The molecule has 2 heterocycles. The van der Waals surface area contributed by atoms with Crippen LogP contribution in [-0.4, -0.2) is 29.1 Å². The number of anilines is 2. The molecule has 0 fully saturated rings. The van der Waals surface area contributed by atoms with Crippen molar-refractivity contribution in [1.82, 2.24) is 4.98 Å². The molecule has 0 bridgehead atoms. The van der Waals surface area contributed by atoms with Crippen molar-refractivity contribution in [2.24, 2.45) is 0 Å². The summed E-state index contributed by atoms with van der Waals surface area (Å²) in [6.45, 7) is 0.735. The second-order valence-electron chi connectivity index (χ2n) is 7.31. The lowest BCUT2D eigenvalue weighted by molar-refractivity contribution is -0.116. The Morgan fingerprint density at radius 1 is 1.09 bits per heavy atom. The van der Waals surface area contributed by atoms with E-state index in [-0.39, 0.29) is 11.8 Å².